The number of hydrogen-bond acceptors (Lipinski definition) is 4. The van der Waals surface area contributed by atoms with Crippen LogP contribution in [0.15, 0.2) is 47.8 Å². The third-order valence-electron chi connectivity index (χ3n) is 4.94. The molecule has 1 N–H and O–H groups in total. The van der Waals surface area contributed by atoms with E-state index >= 15 is 0 Å². The van der Waals surface area contributed by atoms with Crippen molar-refractivity contribution in [1.29, 1.82) is 0 Å². The first-order valence-electron chi connectivity index (χ1n) is 9.19. The minimum atomic E-state index is -4.69. The molecule has 1 saturated heterocycles. The lowest BCUT2D eigenvalue weighted by atomic mass is 10.0. The molecule has 0 saturated carbocycles. The molecule has 0 unspecified atom stereocenters. The summed E-state index contributed by atoms with van der Waals surface area (Å²) < 4.78 is 43.0. The summed E-state index contributed by atoms with van der Waals surface area (Å²) in [5.74, 6) is -0.182. The molecule has 1 fully saturated rings. The summed E-state index contributed by atoms with van der Waals surface area (Å²) in [5.41, 5.74) is 1.91. The van der Waals surface area contributed by atoms with Crippen LogP contribution in [0.2, 0.25) is 0 Å². The van der Waals surface area contributed by atoms with E-state index in [1.54, 1.807) is 17.4 Å². The SMILES string of the molecule is FC(F)(F)Oc1cccc(CN(c2csc3cc[c]cc23)C2CCNCC2)c1. The van der Waals surface area contributed by atoms with Crippen molar-refractivity contribution in [3.63, 3.8) is 0 Å². The molecule has 0 atom stereocenters. The highest BCUT2D eigenvalue weighted by atomic mass is 32.1. The number of ether oxygens (including phenoxy) is 1. The first kappa shape index (κ1) is 19.1. The Bertz CT molecular complexity index is 935. The van der Waals surface area contributed by atoms with Crippen LogP contribution in [0.25, 0.3) is 10.1 Å². The van der Waals surface area contributed by atoms with Crippen LogP contribution in [-0.2, 0) is 6.54 Å². The quantitative estimate of drug-likeness (QED) is 0.619. The largest absolute Gasteiger partial charge is 0.573 e. The van der Waals surface area contributed by atoms with Crippen molar-refractivity contribution in [3.8, 4) is 5.75 Å². The van der Waals surface area contributed by atoms with Gasteiger partial charge in [0.1, 0.15) is 5.75 Å². The van der Waals surface area contributed by atoms with Crippen LogP contribution in [-0.4, -0.2) is 25.5 Å². The number of hydrogen-bond donors (Lipinski definition) is 1. The van der Waals surface area contributed by atoms with Crippen molar-refractivity contribution in [2.24, 2.45) is 0 Å². The fraction of sp³-hybridized carbons (Fsp3) is 0.333. The average Bonchev–Trinajstić information content (AvgIpc) is 3.10. The van der Waals surface area contributed by atoms with Gasteiger partial charge in [0.2, 0.25) is 0 Å². The minimum Gasteiger partial charge on any atom is -0.406 e. The smallest absolute Gasteiger partial charge is 0.406 e. The normalized spacial score (nSPS) is 15.7. The highest BCUT2D eigenvalue weighted by Gasteiger charge is 2.31. The number of piperidine rings is 1. The van der Waals surface area contributed by atoms with Gasteiger partial charge in [-0.15, -0.1) is 24.5 Å². The van der Waals surface area contributed by atoms with Crippen LogP contribution in [0, 0.1) is 6.07 Å². The van der Waals surface area contributed by atoms with E-state index in [0.717, 1.165) is 42.6 Å². The van der Waals surface area contributed by atoms with Crippen LogP contribution in [0.1, 0.15) is 18.4 Å². The molecule has 7 heteroatoms. The standard InChI is InChI=1S/C21H20F3N2OS/c22-21(23,24)27-17-5-3-4-15(12-17)13-26(16-8-10-25-11-9-16)19-14-28-20-7-2-1-6-18(19)20/h2-7,12,14,16,25H,8-11,13H2. The van der Waals surface area contributed by atoms with E-state index in [-0.39, 0.29) is 5.75 Å². The number of anilines is 1. The lowest BCUT2D eigenvalue weighted by molar-refractivity contribution is -0.274. The van der Waals surface area contributed by atoms with E-state index in [4.69, 9.17) is 0 Å². The lowest BCUT2D eigenvalue weighted by Crippen LogP contribution is -2.42. The predicted molar refractivity (Wildman–Crippen MR) is 106 cm³/mol. The maximum Gasteiger partial charge on any atom is 0.573 e. The summed E-state index contributed by atoms with van der Waals surface area (Å²) in [6, 6.07) is 15.7. The van der Waals surface area contributed by atoms with E-state index in [1.807, 2.05) is 24.3 Å². The number of nitrogens with zero attached hydrogens (tertiary/aromatic N) is 1. The van der Waals surface area contributed by atoms with E-state index in [9.17, 15) is 13.2 Å². The lowest BCUT2D eigenvalue weighted by Gasteiger charge is -2.36. The monoisotopic (exact) mass is 405 g/mol. The zero-order valence-corrected chi connectivity index (χ0v) is 15.9. The van der Waals surface area contributed by atoms with Gasteiger partial charge in [-0.3, -0.25) is 0 Å². The van der Waals surface area contributed by atoms with Crippen LogP contribution >= 0.6 is 11.3 Å². The number of fused-ring (bicyclic) bond motifs is 1. The summed E-state index contributed by atoms with van der Waals surface area (Å²) in [5, 5.41) is 6.64. The Morgan fingerprint density at radius 1 is 1.21 bits per heavy atom. The Morgan fingerprint density at radius 2 is 2.04 bits per heavy atom. The van der Waals surface area contributed by atoms with Gasteiger partial charge in [0.05, 0.1) is 5.69 Å². The molecule has 1 aromatic heterocycles. The van der Waals surface area contributed by atoms with Gasteiger partial charge in [0.15, 0.2) is 0 Å². The molecule has 3 aromatic rings. The predicted octanol–water partition coefficient (Wildman–Crippen LogP) is 5.36. The third kappa shape index (κ3) is 4.42. The molecule has 1 radical (unpaired) electrons. The molecule has 0 spiro atoms. The van der Waals surface area contributed by atoms with Crippen molar-refractivity contribution in [1.82, 2.24) is 5.32 Å². The first-order chi connectivity index (χ1) is 13.5. The molecule has 2 aromatic carbocycles. The first-order valence-corrected chi connectivity index (χ1v) is 10.1. The van der Waals surface area contributed by atoms with Crippen LogP contribution in [0.4, 0.5) is 18.9 Å². The number of nitrogens with one attached hydrogen (secondary N) is 1. The number of alkyl halides is 3. The Labute approximate surface area is 165 Å². The molecule has 2 heterocycles. The molecule has 147 valence electrons. The zero-order valence-electron chi connectivity index (χ0n) is 15.1. The van der Waals surface area contributed by atoms with Crippen LogP contribution < -0.4 is 15.0 Å². The second-order valence-electron chi connectivity index (χ2n) is 6.85. The zero-order chi connectivity index (χ0) is 19.6. The molecule has 3 nitrogen and oxygen atoms in total. The fourth-order valence-electron chi connectivity index (χ4n) is 3.69. The summed E-state index contributed by atoms with van der Waals surface area (Å²) in [7, 11) is 0. The van der Waals surface area contributed by atoms with Gasteiger partial charge in [0, 0.05) is 28.1 Å². The van der Waals surface area contributed by atoms with Crippen molar-refractivity contribution in [2.45, 2.75) is 31.8 Å². The average molecular weight is 405 g/mol. The molecule has 28 heavy (non-hydrogen) atoms. The number of halogens is 3. The van der Waals surface area contributed by atoms with Gasteiger partial charge in [0.25, 0.3) is 0 Å². The topological polar surface area (TPSA) is 24.5 Å². The van der Waals surface area contributed by atoms with Gasteiger partial charge in [-0.05, 0) is 61.8 Å². The fourth-order valence-corrected chi connectivity index (χ4v) is 4.63. The molecule has 1 aliphatic heterocycles. The van der Waals surface area contributed by atoms with Gasteiger partial charge in [-0.25, -0.2) is 0 Å². The Balaban J connectivity index is 1.66. The Kier molecular flexibility index (Phi) is 5.46. The Hall–Kier alpha value is -2.25. The molecular formula is C21H20F3N2OS. The molecule has 4 rings (SSSR count). The van der Waals surface area contributed by atoms with Gasteiger partial charge in [-0.2, -0.15) is 0 Å². The highest BCUT2D eigenvalue weighted by Crippen LogP contribution is 2.36. The van der Waals surface area contributed by atoms with Gasteiger partial charge < -0.3 is 15.0 Å². The van der Waals surface area contributed by atoms with Crippen LogP contribution in [0.5, 0.6) is 5.75 Å². The maximum absolute atomic E-state index is 12.6. The second kappa shape index (κ2) is 8.01. The van der Waals surface area contributed by atoms with Gasteiger partial charge in [-0.1, -0.05) is 18.2 Å². The molecule has 0 amide bonds. The van der Waals surface area contributed by atoms with Crippen molar-refractivity contribution in [3.05, 3.63) is 59.5 Å². The second-order valence-corrected chi connectivity index (χ2v) is 7.76. The summed E-state index contributed by atoms with van der Waals surface area (Å²) in [4.78, 5) is 2.32. The third-order valence-corrected chi connectivity index (χ3v) is 5.89. The van der Waals surface area contributed by atoms with E-state index in [0.29, 0.717) is 12.6 Å². The highest BCUT2D eigenvalue weighted by molar-refractivity contribution is 7.17. The number of benzene rings is 2. The van der Waals surface area contributed by atoms with Crippen LogP contribution in [0.3, 0.4) is 0 Å². The summed E-state index contributed by atoms with van der Waals surface area (Å²) >= 11 is 1.68. The van der Waals surface area contributed by atoms with Gasteiger partial charge >= 0.3 is 6.36 Å². The van der Waals surface area contributed by atoms with E-state index in [1.165, 1.54) is 16.8 Å². The maximum atomic E-state index is 12.6. The van der Waals surface area contributed by atoms with Crippen molar-refractivity contribution >= 4 is 27.1 Å². The molecular weight excluding hydrogens is 385 g/mol. The molecule has 1 aliphatic rings. The molecule has 0 aliphatic carbocycles. The number of thiophene rings is 1. The number of rotatable bonds is 5. The van der Waals surface area contributed by atoms with E-state index in [2.05, 4.69) is 26.4 Å². The van der Waals surface area contributed by atoms with Crippen molar-refractivity contribution < 1.29 is 17.9 Å². The summed E-state index contributed by atoms with van der Waals surface area (Å²) in [6.07, 6.45) is -2.70. The van der Waals surface area contributed by atoms with Crippen molar-refractivity contribution in [2.75, 3.05) is 18.0 Å². The summed E-state index contributed by atoms with van der Waals surface area (Å²) in [6.45, 7) is 2.40. The minimum absolute atomic E-state index is 0.182. The van der Waals surface area contributed by atoms with E-state index < -0.39 is 6.36 Å². The molecule has 0 bridgehead atoms. The Morgan fingerprint density at radius 3 is 2.82 bits per heavy atom.